The minimum Gasteiger partial charge on any atom is -0.490 e. The van der Waals surface area contributed by atoms with Crippen LogP contribution in [-0.4, -0.2) is 25.2 Å². The van der Waals surface area contributed by atoms with Gasteiger partial charge in [-0.25, -0.2) is 9.59 Å². The number of ether oxygens (including phenoxy) is 3. The van der Waals surface area contributed by atoms with Gasteiger partial charge in [0.05, 0.1) is 24.8 Å². The molecule has 2 amide bonds. The largest absolute Gasteiger partial charge is 0.490 e. The zero-order valence-corrected chi connectivity index (χ0v) is 19.9. The summed E-state index contributed by atoms with van der Waals surface area (Å²) in [7, 11) is 0. The van der Waals surface area contributed by atoms with E-state index in [1.807, 2.05) is 70.2 Å². The first-order valence-electron chi connectivity index (χ1n) is 11.3. The van der Waals surface area contributed by atoms with Crippen molar-refractivity contribution in [2.75, 3.05) is 13.2 Å². The van der Waals surface area contributed by atoms with Crippen LogP contribution in [0.1, 0.15) is 50.4 Å². The monoisotopic (exact) mass is 452 g/mol. The highest BCUT2D eigenvalue weighted by atomic mass is 16.5. The second-order valence-corrected chi connectivity index (χ2v) is 8.09. The molecule has 2 aromatic carbocycles. The maximum absolute atomic E-state index is 12.8. The number of hydrogen-bond donors (Lipinski definition) is 2. The van der Waals surface area contributed by atoms with Crippen molar-refractivity contribution in [1.82, 2.24) is 10.6 Å². The van der Waals surface area contributed by atoms with Gasteiger partial charge in [0.1, 0.15) is 6.61 Å². The van der Waals surface area contributed by atoms with Gasteiger partial charge in [-0.15, -0.1) is 0 Å². The zero-order valence-electron chi connectivity index (χ0n) is 19.9. The average Bonchev–Trinajstić information content (AvgIpc) is 2.78. The van der Waals surface area contributed by atoms with Gasteiger partial charge in [0, 0.05) is 5.70 Å². The van der Waals surface area contributed by atoms with Crippen LogP contribution in [0.25, 0.3) is 0 Å². The van der Waals surface area contributed by atoms with E-state index < -0.39 is 12.0 Å². The Kier molecular flexibility index (Phi) is 7.98. The number of carbonyl (C=O) groups is 2. The molecule has 0 aliphatic carbocycles. The van der Waals surface area contributed by atoms with Crippen molar-refractivity contribution in [3.63, 3.8) is 0 Å². The lowest BCUT2D eigenvalue weighted by Gasteiger charge is -2.31. The topological polar surface area (TPSA) is 85.9 Å². The van der Waals surface area contributed by atoms with E-state index in [9.17, 15) is 9.59 Å². The maximum Gasteiger partial charge on any atom is 0.338 e. The summed E-state index contributed by atoms with van der Waals surface area (Å²) in [5.41, 5.74) is 3.89. The van der Waals surface area contributed by atoms with Crippen LogP contribution in [0.15, 0.2) is 53.7 Å². The van der Waals surface area contributed by atoms with E-state index >= 15 is 0 Å². The minimum absolute atomic E-state index is 0.0685. The van der Waals surface area contributed by atoms with E-state index in [1.54, 1.807) is 6.92 Å². The number of esters is 1. The molecule has 0 radical (unpaired) electrons. The summed E-state index contributed by atoms with van der Waals surface area (Å²) in [5, 5.41) is 5.63. The van der Waals surface area contributed by atoms with Gasteiger partial charge >= 0.3 is 12.0 Å². The van der Waals surface area contributed by atoms with E-state index in [0.29, 0.717) is 41.5 Å². The second kappa shape index (κ2) is 10.9. The molecule has 176 valence electrons. The summed E-state index contributed by atoms with van der Waals surface area (Å²) in [5.74, 6) is 0.609. The average molecular weight is 453 g/mol. The van der Waals surface area contributed by atoms with Gasteiger partial charge < -0.3 is 24.8 Å². The van der Waals surface area contributed by atoms with Gasteiger partial charge in [-0.2, -0.15) is 0 Å². The van der Waals surface area contributed by atoms with Crippen LogP contribution in [0.4, 0.5) is 4.79 Å². The molecule has 0 saturated heterocycles. The van der Waals surface area contributed by atoms with Crippen molar-refractivity contribution >= 4 is 12.0 Å². The van der Waals surface area contributed by atoms with Crippen molar-refractivity contribution in [3.8, 4) is 11.5 Å². The Morgan fingerprint density at radius 3 is 2.45 bits per heavy atom. The molecule has 2 N–H and O–H groups in total. The molecule has 1 unspecified atom stereocenters. The summed E-state index contributed by atoms with van der Waals surface area (Å²) in [6.45, 7) is 10.6. The zero-order chi connectivity index (χ0) is 24.0. The fraction of sp³-hybridized carbons (Fsp3) is 0.385. The fourth-order valence-corrected chi connectivity index (χ4v) is 3.75. The van der Waals surface area contributed by atoms with Crippen molar-refractivity contribution in [1.29, 1.82) is 0 Å². The lowest BCUT2D eigenvalue weighted by molar-refractivity contribution is -0.139. The number of amides is 2. The number of nitrogens with one attached hydrogen (secondary N) is 2. The summed E-state index contributed by atoms with van der Waals surface area (Å²) >= 11 is 0. The third-order valence-electron chi connectivity index (χ3n) is 5.42. The van der Waals surface area contributed by atoms with Crippen molar-refractivity contribution < 1.29 is 23.8 Å². The fourth-order valence-electron chi connectivity index (χ4n) is 3.75. The molecule has 0 bridgehead atoms. The van der Waals surface area contributed by atoms with Crippen molar-refractivity contribution in [2.45, 2.75) is 47.3 Å². The van der Waals surface area contributed by atoms with Crippen molar-refractivity contribution in [2.24, 2.45) is 5.92 Å². The van der Waals surface area contributed by atoms with E-state index in [-0.39, 0.29) is 18.6 Å². The Morgan fingerprint density at radius 2 is 1.79 bits per heavy atom. The number of benzene rings is 2. The summed E-state index contributed by atoms with van der Waals surface area (Å²) in [6.07, 6.45) is 0. The lowest BCUT2D eigenvalue weighted by Crippen LogP contribution is -2.47. The molecule has 7 heteroatoms. The maximum atomic E-state index is 12.8. The second-order valence-electron chi connectivity index (χ2n) is 8.09. The Hall–Kier alpha value is -3.48. The first-order valence-corrected chi connectivity index (χ1v) is 11.3. The molecule has 1 heterocycles. The van der Waals surface area contributed by atoms with Crippen LogP contribution in [-0.2, 0) is 16.1 Å². The molecule has 0 saturated carbocycles. The number of allylic oxidation sites excluding steroid dienone is 1. The number of carbonyl (C=O) groups excluding carboxylic acids is 2. The number of aryl methyl sites for hydroxylation is 1. The molecule has 0 aromatic heterocycles. The first-order chi connectivity index (χ1) is 15.8. The first kappa shape index (κ1) is 24.2. The highest BCUT2D eigenvalue weighted by molar-refractivity contribution is 5.95. The molecule has 3 rings (SSSR count). The molecular weight excluding hydrogens is 420 g/mol. The van der Waals surface area contributed by atoms with Crippen LogP contribution < -0.4 is 20.1 Å². The molecule has 1 aliphatic heterocycles. The Morgan fingerprint density at radius 1 is 1.03 bits per heavy atom. The summed E-state index contributed by atoms with van der Waals surface area (Å²) in [4.78, 5) is 25.2. The molecular formula is C26H32N2O5. The van der Waals surface area contributed by atoms with E-state index in [2.05, 4.69) is 10.6 Å². The SMILES string of the molecule is CCOC(=O)C1=C(C(C)C)NC(=O)NC1c1ccc(OCc2ccccc2C)c(OCC)c1. The predicted octanol–water partition coefficient (Wildman–Crippen LogP) is 4.80. The van der Waals surface area contributed by atoms with E-state index in [1.165, 1.54) is 0 Å². The minimum atomic E-state index is -0.667. The van der Waals surface area contributed by atoms with Crippen LogP contribution in [0.3, 0.4) is 0 Å². The molecule has 33 heavy (non-hydrogen) atoms. The quantitative estimate of drug-likeness (QED) is 0.534. The summed E-state index contributed by atoms with van der Waals surface area (Å²) in [6, 6.07) is 12.5. The Labute approximate surface area is 195 Å². The number of rotatable bonds is 9. The van der Waals surface area contributed by atoms with Gasteiger partial charge in [-0.1, -0.05) is 44.2 Å². The lowest BCUT2D eigenvalue weighted by atomic mass is 9.91. The van der Waals surface area contributed by atoms with E-state index in [0.717, 1.165) is 11.1 Å². The molecule has 0 spiro atoms. The normalized spacial score (nSPS) is 15.7. The highest BCUT2D eigenvalue weighted by Crippen LogP contribution is 2.36. The number of urea groups is 1. The van der Waals surface area contributed by atoms with Crippen LogP contribution in [0.2, 0.25) is 0 Å². The van der Waals surface area contributed by atoms with Gasteiger partial charge in [0.15, 0.2) is 11.5 Å². The molecule has 7 nitrogen and oxygen atoms in total. The number of hydrogen-bond acceptors (Lipinski definition) is 5. The van der Waals surface area contributed by atoms with Gasteiger partial charge in [-0.3, -0.25) is 0 Å². The molecule has 1 atom stereocenters. The Bertz CT molecular complexity index is 1040. The molecule has 0 fully saturated rings. The smallest absolute Gasteiger partial charge is 0.338 e. The van der Waals surface area contributed by atoms with Gasteiger partial charge in [0.25, 0.3) is 0 Å². The predicted molar refractivity (Wildman–Crippen MR) is 126 cm³/mol. The van der Waals surface area contributed by atoms with E-state index in [4.69, 9.17) is 14.2 Å². The standard InChI is InChI=1S/C26H32N2O5/c1-6-31-21-14-18(12-13-20(21)33-15-19-11-9-8-10-17(19)5)24-22(25(29)32-7-2)23(16(3)4)27-26(30)28-24/h8-14,16,24H,6-7,15H2,1-5H3,(H2,27,28,30). The third-order valence-corrected chi connectivity index (χ3v) is 5.42. The Balaban J connectivity index is 1.97. The molecule has 2 aromatic rings. The highest BCUT2D eigenvalue weighted by Gasteiger charge is 2.35. The molecule has 1 aliphatic rings. The third kappa shape index (κ3) is 5.66. The van der Waals surface area contributed by atoms with Crippen LogP contribution >= 0.6 is 0 Å². The van der Waals surface area contributed by atoms with Crippen molar-refractivity contribution in [3.05, 3.63) is 70.4 Å². The van der Waals surface area contributed by atoms with Gasteiger partial charge in [-0.05, 0) is 55.5 Å². The van der Waals surface area contributed by atoms with Crippen LogP contribution in [0.5, 0.6) is 11.5 Å². The van der Waals surface area contributed by atoms with Gasteiger partial charge in [0.2, 0.25) is 0 Å². The van der Waals surface area contributed by atoms with Crippen LogP contribution in [0, 0.1) is 12.8 Å². The summed E-state index contributed by atoms with van der Waals surface area (Å²) < 4.78 is 17.2.